The molecule has 6 nitrogen and oxygen atoms in total. The van der Waals surface area contributed by atoms with E-state index in [9.17, 15) is 10.2 Å². The number of hydrogen-bond acceptors (Lipinski definition) is 6. The van der Waals surface area contributed by atoms with Crippen molar-refractivity contribution in [1.29, 1.82) is 0 Å². The Morgan fingerprint density at radius 1 is 1.12 bits per heavy atom. The molecular weight excluding hydrogens is 316 g/mol. The van der Waals surface area contributed by atoms with Crippen LogP contribution in [0.5, 0.6) is 0 Å². The fraction of sp³-hybridized carbons (Fsp3) is 0.737. The van der Waals surface area contributed by atoms with Gasteiger partial charge in [0, 0.05) is 66.2 Å². The average Bonchev–Trinajstić information content (AvgIpc) is 2.99. The van der Waals surface area contributed by atoms with Crippen LogP contribution in [-0.2, 0) is 6.54 Å². The molecular formula is C19H32N4O2. The van der Waals surface area contributed by atoms with Gasteiger partial charge in [0.1, 0.15) is 5.82 Å². The van der Waals surface area contributed by atoms with Gasteiger partial charge >= 0.3 is 0 Å². The Labute approximate surface area is 151 Å². The van der Waals surface area contributed by atoms with Gasteiger partial charge in [-0.25, -0.2) is 4.98 Å². The third-order valence-corrected chi connectivity index (χ3v) is 5.61. The van der Waals surface area contributed by atoms with Crippen molar-refractivity contribution in [3.05, 3.63) is 23.9 Å². The Kier molecular flexibility index (Phi) is 6.28. The number of aromatic nitrogens is 1. The number of anilines is 1. The normalized spacial score (nSPS) is 26.2. The molecule has 2 N–H and O–H groups in total. The number of rotatable bonds is 6. The van der Waals surface area contributed by atoms with E-state index in [0.29, 0.717) is 11.8 Å². The van der Waals surface area contributed by atoms with Crippen LogP contribution in [0.2, 0.25) is 0 Å². The molecule has 0 aromatic carbocycles. The molecule has 0 bridgehead atoms. The minimum absolute atomic E-state index is 0.123. The van der Waals surface area contributed by atoms with Crippen molar-refractivity contribution in [2.24, 2.45) is 11.8 Å². The summed E-state index contributed by atoms with van der Waals surface area (Å²) in [5.41, 5.74) is 1.23. The molecule has 140 valence electrons. The minimum Gasteiger partial charge on any atom is -0.396 e. The van der Waals surface area contributed by atoms with Gasteiger partial charge in [-0.1, -0.05) is 6.07 Å². The van der Waals surface area contributed by atoms with E-state index in [4.69, 9.17) is 0 Å². The molecule has 1 aromatic heterocycles. The first kappa shape index (κ1) is 18.6. The molecule has 3 heterocycles. The molecule has 2 saturated heterocycles. The average molecular weight is 348 g/mol. The highest BCUT2D eigenvalue weighted by molar-refractivity contribution is 5.37. The van der Waals surface area contributed by atoms with E-state index >= 15 is 0 Å². The summed E-state index contributed by atoms with van der Waals surface area (Å²) < 4.78 is 0. The van der Waals surface area contributed by atoms with Gasteiger partial charge in [0.05, 0.1) is 6.10 Å². The monoisotopic (exact) mass is 348 g/mol. The van der Waals surface area contributed by atoms with Gasteiger partial charge in [-0.3, -0.25) is 4.90 Å². The number of nitrogens with zero attached hydrogens (tertiary/aromatic N) is 4. The lowest BCUT2D eigenvalue weighted by Gasteiger charge is -2.32. The maximum Gasteiger partial charge on any atom is 0.127 e. The molecule has 0 spiro atoms. The molecule has 2 fully saturated rings. The van der Waals surface area contributed by atoms with Crippen molar-refractivity contribution >= 4 is 5.82 Å². The highest BCUT2D eigenvalue weighted by atomic mass is 16.3. The summed E-state index contributed by atoms with van der Waals surface area (Å²) in [6.45, 7) is 6.12. The first-order valence-corrected chi connectivity index (χ1v) is 9.41. The number of piperidine rings is 1. The minimum atomic E-state index is -0.123. The van der Waals surface area contributed by atoms with E-state index in [0.717, 1.165) is 57.9 Å². The predicted octanol–water partition coefficient (Wildman–Crippen LogP) is 0.645. The van der Waals surface area contributed by atoms with E-state index < -0.39 is 0 Å². The Morgan fingerprint density at radius 2 is 1.84 bits per heavy atom. The van der Waals surface area contributed by atoms with Crippen molar-refractivity contribution in [3.8, 4) is 0 Å². The van der Waals surface area contributed by atoms with Crippen LogP contribution in [0.15, 0.2) is 18.3 Å². The largest absolute Gasteiger partial charge is 0.396 e. The van der Waals surface area contributed by atoms with E-state index in [2.05, 4.69) is 26.9 Å². The smallest absolute Gasteiger partial charge is 0.127 e. The summed E-state index contributed by atoms with van der Waals surface area (Å²) in [5, 5.41) is 19.4. The molecule has 3 rings (SSSR count). The van der Waals surface area contributed by atoms with Crippen LogP contribution in [0.4, 0.5) is 5.82 Å². The molecule has 25 heavy (non-hydrogen) atoms. The summed E-state index contributed by atoms with van der Waals surface area (Å²) in [5.74, 6) is 1.83. The molecule has 0 saturated carbocycles. The van der Waals surface area contributed by atoms with Gasteiger partial charge in [-0.15, -0.1) is 0 Å². The lowest BCUT2D eigenvalue weighted by Crippen LogP contribution is -2.40. The van der Waals surface area contributed by atoms with Crippen molar-refractivity contribution < 1.29 is 10.2 Å². The molecule has 2 atom stereocenters. The fourth-order valence-corrected chi connectivity index (χ4v) is 4.05. The lowest BCUT2D eigenvalue weighted by atomic mass is 9.95. The van der Waals surface area contributed by atoms with E-state index in [1.807, 2.05) is 25.2 Å². The van der Waals surface area contributed by atoms with Gasteiger partial charge in [0.25, 0.3) is 0 Å². The zero-order valence-electron chi connectivity index (χ0n) is 15.5. The van der Waals surface area contributed by atoms with Crippen molar-refractivity contribution in [2.45, 2.75) is 25.5 Å². The third kappa shape index (κ3) is 4.91. The number of aliphatic hydroxyl groups is 2. The highest BCUT2D eigenvalue weighted by Gasteiger charge is 2.34. The molecule has 1 aromatic rings. The van der Waals surface area contributed by atoms with Gasteiger partial charge in [-0.05, 0) is 36.3 Å². The molecule has 2 aliphatic rings. The summed E-state index contributed by atoms with van der Waals surface area (Å²) >= 11 is 0. The number of likely N-dealkylation sites (tertiary alicyclic amines) is 2. The number of hydrogen-bond donors (Lipinski definition) is 2. The predicted molar refractivity (Wildman–Crippen MR) is 99.6 cm³/mol. The zero-order valence-corrected chi connectivity index (χ0v) is 15.5. The maximum absolute atomic E-state index is 9.79. The fourth-order valence-electron chi connectivity index (χ4n) is 4.05. The zero-order chi connectivity index (χ0) is 17.8. The van der Waals surface area contributed by atoms with Crippen LogP contribution >= 0.6 is 0 Å². The molecule has 0 radical (unpaired) electrons. The molecule has 0 aliphatic carbocycles. The topological polar surface area (TPSA) is 63.1 Å². The van der Waals surface area contributed by atoms with Crippen LogP contribution < -0.4 is 4.90 Å². The van der Waals surface area contributed by atoms with Gasteiger partial charge in [-0.2, -0.15) is 0 Å². The summed E-state index contributed by atoms with van der Waals surface area (Å²) in [6, 6.07) is 4.21. The van der Waals surface area contributed by atoms with Crippen LogP contribution in [0.3, 0.4) is 0 Å². The van der Waals surface area contributed by atoms with Gasteiger partial charge in [0.15, 0.2) is 0 Å². The first-order valence-electron chi connectivity index (χ1n) is 9.41. The van der Waals surface area contributed by atoms with Gasteiger partial charge < -0.3 is 20.0 Å². The Morgan fingerprint density at radius 3 is 2.44 bits per heavy atom. The van der Waals surface area contributed by atoms with Crippen molar-refractivity contribution in [3.63, 3.8) is 0 Å². The Hall–Kier alpha value is -1.21. The highest BCUT2D eigenvalue weighted by Crippen LogP contribution is 2.26. The van der Waals surface area contributed by atoms with Crippen LogP contribution in [0.1, 0.15) is 18.4 Å². The molecule has 0 amide bonds. The van der Waals surface area contributed by atoms with E-state index in [-0.39, 0.29) is 12.7 Å². The standard InChI is InChI=1S/C19H32N4O2/c1-21(2)19-4-3-15(9-20-19)10-23-12-16(17(13-23)14-24)11-22-7-5-18(25)6-8-22/h3-4,9,16-18,24-25H,5-8,10-14H2,1-2H3/t16-,17-/m1/s1. The van der Waals surface area contributed by atoms with Crippen molar-refractivity contribution in [2.75, 3.05) is 58.3 Å². The van der Waals surface area contributed by atoms with E-state index in [1.54, 1.807) is 0 Å². The second-order valence-electron chi connectivity index (χ2n) is 7.85. The first-order chi connectivity index (χ1) is 12.0. The van der Waals surface area contributed by atoms with Gasteiger partial charge in [0.2, 0.25) is 0 Å². The summed E-state index contributed by atoms with van der Waals surface area (Å²) in [7, 11) is 4.00. The summed E-state index contributed by atoms with van der Waals surface area (Å²) in [6.07, 6.45) is 3.60. The lowest BCUT2D eigenvalue weighted by molar-refractivity contribution is 0.0684. The van der Waals surface area contributed by atoms with Crippen LogP contribution in [0, 0.1) is 11.8 Å². The molecule has 0 unspecified atom stereocenters. The van der Waals surface area contributed by atoms with Crippen LogP contribution in [0.25, 0.3) is 0 Å². The quantitative estimate of drug-likeness (QED) is 0.787. The second kappa shape index (κ2) is 8.45. The SMILES string of the molecule is CN(C)c1ccc(CN2C[C@@H](CN3CCC(O)CC3)[C@@H](CO)C2)cn1. The molecule has 2 aliphatic heterocycles. The second-order valence-corrected chi connectivity index (χ2v) is 7.85. The Balaban J connectivity index is 1.53. The van der Waals surface area contributed by atoms with Crippen molar-refractivity contribution in [1.82, 2.24) is 14.8 Å². The third-order valence-electron chi connectivity index (χ3n) is 5.61. The number of aliphatic hydroxyl groups excluding tert-OH is 2. The molecule has 6 heteroatoms. The summed E-state index contributed by atoms with van der Waals surface area (Å²) in [4.78, 5) is 11.4. The maximum atomic E-state index is 9.79. The number of pyridine rings is 1. The van der Waals surface area contributed by atoms with Crippen LogP contribution in [-0.4, -0.2) is 84.5 Å². The Bertz CT molecular complexity index is 529. The van der Waals surface area contributed by atoms with E-state index in [1.165, 1.54) is 5.56 Å².